The van der Waals surface area contributed by atoms with Crippen LogP contribution in [-0.4, -0.2) is 60.1 Å². The minimum atomic E-state index is 0.0481. The highest BCUT2D eigenvalue weighted by atomic mass is 32.1. The average Bonchev–Trinajstić information content (AvgIpc) is 3.28. The fraction of sp³-hybridized carbons (Fsp3) is 0.385. The van der Waals surface area contributed by atoms with Gasteiger partial charge in [-0.3, -0.25) is 9.69 Å². The van der Waals surface area contributed by atoms with Crippen LogP contribution in [0.25, 0.3) is 0 Å². The molecule has 6 nitrogen and oxygen atoms in total. The van der Waals surface area contributed by atoms with Gasteiger partial charge in [0.1, 0.15) is 17.4 Å². The van der Waals surface area contributed by atoms with Crippen LogP contribution in [0.3, 0.4) is 0 Å². The number of amides is 1. The molecule has 0 spiro atoms. The lowest BCUT2D eigenvalue weighted by molar-refractivity contribution is 0.0319. The Morgan fingerprint density at radius 1 is 1.15 bits per heavy atom. The Morgan fingerprint density at radius 3 is 2.76 bits per heavy atom. The Bertz CT molecular complexity index is 1060. The van der Waals surface area contributed by atoms with Gasteiger partial charge in [-0.1, -0.05) is 30.3 Å². The lowest BCUT2D eigenvalue weighted by Crippen LogP contribution is -2.43. The van der Waals surface area contributed by atoms with Crippen LogP contribution < -0.4 is 4.74 Å². The first-order valence-corrected chi connectivity index (χ1v) is 12.2. The summed E-state index contributed by atoms with van der Waals surface area (Å²) in [5.74, 6) is 0.889. The van der Waals surface area contributed by atoms with Crippen molar-refractivity contribution < 1.29 is 14.3 Å². The van der Waals surface area contributed by atoms with Crippen LogP contribution in [0.1, 0.15) is 32.2 Å². The third-order valence-electron chi connectivity index (χ3n) is 5.76. The van der Waals surface area contributed by atoms with Crippen LogP contribution in [0, 0.1) is 13.8 Å². The van der Waals surface area contributed by atoms with Crippen molar-refractivity contribution in [2.45, 2.75) is 27.0 Å². The van der Waals surface area contributed by atoms with E-state index in [9.17, 15) is 4.79 Å². The molecule has 1 aromatic heterocycles. The molecule has 1 fully saturated rings. The van der Waals surface area contributed by atoms with Crippen molar-refractivity contribution in [1.82, 2.24) is 14.8 Å². The second kappa shape index (κ2) is 11.4. The maximum atomic E-state index is 13.4. The van der Waals surface area contributed by atoms with Crippen LogP contribution in [0.2, 0.25) is 0 Å². The van der Waals surface area contributed by atoms with Gasteiger partial charge in [0, 0.05) is 37.1 Å². The van der Waals surface area contributed by atoms with E-state index in [4.69, 9.17) is 14.5 Å². The highest BCUT2D eigenvalue weighted by Gasteiger charge is 2.21. The van der Waals surface area contributed by atoms with E-state index in [0.29, 0.717) is 19.7 Å². The Kier molecular flexibility index (Phi) is 8.10. The van der Waals surface area contributed by atoms with E-state index < -0.39 is 0 Å². The molecule has 0 radical (unpaired) electrons. The molecular weight excluding hydrogens is 434 g/mol. The number of thiazole rings is 1. The summed E-state index contributed by atoms with van der Waals surface area (Å²) in [6.07, 6.45) is 0. The number of aryl methyl sites for hydroxylation is 2. The molecule has 1 aliphatic heterocycles. The zero-order valence-electron chi connectivity index (χ0n) is 19.3. The molecule has 0 bridgehead atoms. The average molecular weight is 466 g/mol. The quantitative estimate of drug-likeness (QED) is 0.471. The third kappa shape index (κ3) is 6.63. The molecule has 0 saturated carbocycles. The normalized spacial score (nSPS) is 14.2. The molecule has 0 aliphatic carbocycles. The largest absolute Gasteiger partial charge is 0.486 e. The van der Waals surface area contributed by atoms with Gasteiger partial charge < -0.3 is 14.4 Å². The maximum absolute atomic E-state index is 13.4. The van der Waals surface area contributed by atoms with E-state index in [1.807, 2.05) is 72.7 Å². The molecule has 174 valence electrons. The van der Waals surface area contributed by atoms with Crippen molar-refractivity contribution in [3.8, 4) is 5.75 Å². The maximum Gasteiger partial charge on any atom is 0.254 e. The van der Waals surface area contributed by atoms with Gasteiger partial charge in [0.2, 0.25) is 0 Å². The molecule has 0 N–H and O–H groups in total. The number of rotatable bonds is 9. The van der Waals surface area contributed by atoms with Crippen LogP contribution in [0.15, 0.2) is 53.9 Å². The van der Waals surface area contributed by atoms with Gasteiger partial charge in [0.25, 0.3) is 5.91 Å². The monoisotopic (exact) mass is 465 g/mol. The van der Waals surface area contributed by atoms with Crippen molar-refractivity contribution >= 4 is 17.2 Å². The summed E-state index contributed by atoms with van der Waals surface area (Å²) < 4.78 is 11.4. The predicted octanol–water partition coefficient (Wildman–Crippen LogP) is 4.31. The third-order valence-corrected chi connectivity index (χ3v) is 6.63. The highest BCUT2D eigenvalue weighted by molar-refractivity contribution is 7.09. The van der Waals surface area contributed by atoms with Gasteiger partial charge in [-0.15, -0.1) is 11.3 Å². The molecule has 3 aromatic rings. The zero-order valence-corrected chi connectivity index (χ0v) is 20.1. The van der Waals surface area contributed by atoms with Crippen LogP contribution in [-0.2, 0) is 17.9 Å². The molecular formula is C26H31N3O3S. The molecule has 4 rings (SSSR count). The summed E-state index contributed by atoms with van der Waals surface area (Å²) in [5, 5.41) is 2.94. The number of aromatic nitrogens is 1. The molecule has 0 unspecified atom stereocenters. The summed E-state index contributed by atoms with van der Waals surface area (Å²) in [4.78, 5) is 22.4. The van der Waals surface area contributed by atoms with Gasteiger partial charge in [0.15, 0.2) is 0 Å². The lowest BCUT2D eigenvalue weighted by Gasteiger charge is -2.30. The number of hydrogen-bond acceptors (Lipinski definition) is 6. The molecule has 1 saturated heterocycles. The fourth-order valence-electron chi connectivity index (χ4n) is 3.86. The topological polar surface area (TPSA) is 54.9 Å². The Balaban J connectivity index is 1.42. The number of nitrogens with zero attached hydrogens (tertiary/aromatic N) is 3. The molecule has 33 heavy (non-hydrogen) atoms. The molecule has 2 heterocycles. The van der Waals surface area contributed by atoms with Gasteiger partial charge in [-0.2, -0.15) is 0 Å². The van der Waals surface area contributed by atoms with Crippen LogP contribution in [0.4, 0.5) is 0 Å². The second-order valence-electron chi connectivity index (χ2n) is 8.33. The fourth-order valence-corrected chi connectivity index (χ4v) is 4.55. The number of carbonyl (C=O) groups excluding carboxylic acids is 1. The summed E-state index contributed by atoms with van der Waals surface area (Å²) in [7, 11) is 0. The SMILES string of the molecule is Cc1cccc(OCc2nc(CN(CCN3CCOCC3)C(=O)c3ccccc3C)cs2)c1. The van der Waals surface area contributed by atoms with Crippen molar-refractivity contribution in [3.63, 3.8) is 0 Å². The molecule has 7 heteroatoms. The van der Waals surface area contributed by atoms with Crippen molar-refractivity contribution in [2.24, 2.45) is 0 Å². The summed E-state index contributed by atoms with van der Waals surface area (Å²) in [6.45, 7) is 9.74. The first kappa shape index (κ1) is 23.4. The van der Waals surface area contributed by atoms with E-state index in [-0.39, 0.29) is 5.91 Å². The lowest BCUT2D eigenvalue weighted by atomic mass is 10.1. The minimum absolute atomic E-state index is 0.0481. The standard InChI is InChI=1S/C26H31N3O3S/c1-20-6-5-8-23(16-20)32-18-25-27-22(19-33-25)17-29(11-10-28-12-14-31-15-13-28)26(30)24-9-4-3-7-21(24)2/h3-9,16,19H,10-15,17-18H2,1-2H3. The van der Waals surface area contributed by atoms with E-state index >= 15 is 0 Å². The smallest absolute Gasteiger partial charge is 0.254 e. The van der Waals surface area contributed by atoms with E-state index in [2.05, 4.69) is 4.90 Å². The number of benzene rings is 2. The summed E-state index contributed by atoms with van der Waals surface area (Å²) in [6, 6.07) is 15.8. The Labute approximate surface area is 199 Å². The number of ether oxygens (including phenoxy) is 2. The zero-order chi connectivity index (χ0) is 23.0. The molecule has 1 aliphatic rings. The van der Waals surface area contributed by atoms with Crippen molar-refractivity contribution in [1.29, 1.82) is 0 Å². The summed E-state index contributed by atoms with van der Waals surface area (Å²) in [5.41, 5.74) is 3.80. The molecule has 2 aromatic carbocycles. The summed E-state index contributed by atoms with van der Waals surface area (Å²) >= 11 is 1.57. The molecule has 1 amide bonds. The van der Waals surface area contributed by atoms with Gasteiger partial charge in [0.05, 0.1) is 25.5 Å². The first-order chi connectivity index (χ1) is 16.1. The van der Waals surface area contributed by atoms with Crippen molar-refractivity contribution in [3.05, 3.63) is 81.3 Å². The van der Waals surface area contributed by atoms with E-state index in [1.165, 1.54) is 0 Å². The number of carbonyl (C=O) groups is 1. The minimum Gasteiger partial charge on any atom is -0.486 e. The first-order valence-electron chi connectivity index (χ1n) is 11.4. The van der Waals surface area contributed by atoms with Crippen LogP contribution >= 0.6 is 11.3 Å². The van der Waals surface area contributed by atoms with E-state index in [1.54, 1.807) is 11.3 Å². The number of morpholine rings is 1. The van der Waals surface area contributed by atoms with Crippen LogP contribution in [0.5, 0.6) is 5.75 Å². The molecule has 0 atom stereocenters. The van der Waals surface area contributed by atoms with Gasteiger partial charge in [-0.25, -0.2) is 4.98 Å². The Hall–Kier alpha value is -2.74. The van der Waals surface area contributed by atoms with Gasteiger partial charge in [-0.05, 0) is 43.2 Å². The Morgan fingerprint density at radius 2 is 1.97 bits per heavy atom. The van der Waals surface area contributed by atoms with Gasteiger partial charge >= 0.3 is 0 Å². The second-order valence-corrected chi connectivity index (χ2v) is 9.28. The van der Waals surface area contributed by atoms with Crippen molar-refractivity contribution in [2.75, 3.05) is 39.4 Å². The highest BCUT2D eigenvalue weighted by Crippen LogP contribution is 2.19. The number of hydrogen-bond donors (Lipinski definition) is 0. The van der Waals surface area contributed by atoms with E-state index in [0.717, 1.165) is 66.0 Å². The predicted molar refractivity (Wildman–Crippen MR) is 131 cm³/mol.